The molecule has 0 amide bonds. The van der Waals surface area contributed by atoms with E-state index in [-0.39, 0.29) is 0 Å². The summed E-state index contributed by atoms with van der Waals surface area (Å²) in [6.07, 6.45) is -5.77. The average molecular weight is 365 g/mol. The Labute approximate surface area is 138 Å². The van der Waals surface area contributed by atoms with Crippen LogP contribution in [-0.4, -0.2) is 77.5 Å². The average Bonchev–Trinajstić information content (AvgIpc) is 2.34. The summed E-state index contributed by atoms with van der Waals surface area (Å²) in [7, 11) is 0. The molecule has 0 radical (unpaired) electrons. The van der Waals surface area contributed by atoms with Gasteiger partial charge in [-0.1, -0.05) is 0 Å². The van der Waals surface area contributed by atoms with E-state index in [0.717, 1.165) is 0 Å². The predicted octanol–water partition coefficient (Wildman–Crippen LogP) is -1.88. The van der Waals surface area contributed by atoms with E-state index in [4.69, 9.17) is 20.4 Å². The first kappa shape index (κ1) is 21.8. The lowest BCUT2D eigenvalue weighted by Crippen LogP contribution is -2.67. The van der Waals surface area contributed by atoms with Crippen LogP contribution >= 0.6 is 0 Å². The molecule has 0 rings (SSSR count). The van der Waals surface area contributed by atoms with Gasteiger partial charge in [-0.25, -0.2) is 0 Å². The summed E-state index contributed by atoms with van der Waals surface area (Å²) in [5, 5.41) is 55.5. The number of hydrogen-bond acceptors (Lipinski definition) is 7. The second-order valence-corrected chi connectivity index (χ2v) is 5.18. The highest BCUT2D eigenvalue weighted by Crippen LogP contribution is 2.26. The summed E-state index contributed by atoms with van der Waals surface area (Å²) < 4.78 is 0. The third-order valence-corrected chi connectivity index (χ3v) is 3.11. The number of rotatable bonds is 12. The predicted molar refractivity (Wildman–Crippen MR) is 72.9 cm³/mol. The maximum atomic E-state index is 11.5. The maximum absolute atomic E-state index is 11.5. The SMILES string of the molecule is O=C(O)CC(CC(=O)O)(NC(CC(=O)O)(CC(=O)O)C(=O)O)C(=O)O. The lowest BCUT2D eigenvalue weighted by atomic mass is 9.82. The van der Waals surface area contributed by atoms with Crippen molar-refractivity contribution in [2.24, 2.45) is 0 Å². The van der Waals surface area contributed by atoms with Crippen molar-refractivity contribution >= 4 is 35.8 Å². The molecule has 0 aromatic rings. The van der Waals surface area contributed by atoms with Crippen LogP contribution in [0.3, 0.4) is 0 Å². The molecule has 0 unspecified atom stereocenters. The van der Waals surface area contributed by atoms with E-state index in [9.17, 15) is 39.0 Å². The monoisotopic (exact) mass is 365 g/mol. The van der Waals surface area contributed by atoms with Crippen molar-refractivity contribution in [1.82, 2.24) is 5.32 Å². The zero-order valence-corrected chi connectivity index (χ0v) is 12.5. The van der Waals surface area contributed by atoms with E-state index in [2.05, 4.69) is 0 Å². The number of carbonyl (C=O) groups is 6. The summed E-state index contributed by atoms with van der Waals surface area (Å²) in [6, 6.07) is 0. The Morgan fingerprint density at radius 2 is 0.720 bits per heavy atom. The molecule has 25 heavy (non-hydrogen) atoms. The van der Waals surface area contributed by atoms with Gasteiger partial charge in [0.1, 0.15) is 11.1 Å². The van der Waals surface area contributed by atoms with Crippen molar-refractivity contribution in [3.8, 4) is 0 Å². The molecular formula is C12H15NO12. The molecule has 0 fully saturated rings. The van der Waals surface area contributed by atoms with Gasteiger partial charge >= 0.3 is 35.8 Å². The maximum Gasteiger partial charge on any atom is 0.325 e. The molecule has 0 atom stereocenters. The summed E-state index contributed by atoms with van der Waals surface area (Å²) in [5.74, 6) is -11.5. The van der Waals surface area contributed by atoms with Crippen LogP contribution < -0.4 is 5.32 Å². The van der Waals surface area contributed by atoms with Crippen molar-refractivity contribution < 1.29 is 59.4 Å². The minimum absolute atomic E-state index is 1.44. The second kappa shape index (κ2) is 8.05. The fourth-order valence-corrected chi connectivity index (χ4v) is 2.20. The van der Waals surface area contributed by atoms with Crippen LogP contribution in [0.2, 0.25) is 0 Å². The van der Waals surface area contributed by atoms with E-state index in [1.54, 1.807) is 5.32 Å². The summed E-state index contributed by atoms with van der Waals surface area (Å²) in [4.78, 5) is 66.7. The molecule has 0 heterocycles. The van der Waals surface area contributed by atoms with E-state index in [1.807, 2.05) is 0 Å². The molecule has 0 saturated heterocycles. The number of hydrogen-bond donors (Lipinski definition) is 7. The molecule has 0 aliphatic carbocycles. The molecular weight excluding hydrogens is 350 g/mol. The Hall–Kier alpha value is -3.22. The number of nitrogens with one attached hydrogen (secondary N) is 1. The molecule has 13 heteroatoms. The van der Waals surface area contributed by atoms with Crippen LogP contribution in [0.1, 0.15) is 25.7 Å². The van der Waals surface area contributed by atoms with Gasteiger partial charge in [-0.3, -0.25) is 34.1 Å². The van der Waals surface area contributed by atoms with Crippen LogP contribution in [0.4, 0.5) is 0 Å². The van der Waals surface area contributed by atoms with Crippen molar-refractivity contribution in [2.45, 2.75) is 36.8 Å². The quantitative estimate of drug-likeness (QED) is 0.201. The number of carboxylic acid groups (broad SMARTS) is 6. The van der Waals surface area contributed by atoms with Crippen LogP contribution in [0.25, 0.3) is 0 Å². The zero-order valence-electron chi connectivity index (χ0n) is 12.5. The van der Waals surface area contributed by atoms with Crippen LogP contribution in [0.5, 0.6) is 0 Å². The van der Waals surface area contributed by atoms with Gasteiger partial charge in [0.25, 0.3) is 0 Å². The van der Waals surface area contributed by atoms with Gasteiger partial charge < -0.3 is 30.6 Å². The minimum atomic E-state index is -2.96. The van der Waals surface area contributed by atoms with Crippen molar-refractivity contribution in [2.75, 3.05) is 0 Å². The van der Waals surface area contributed by atoms with E-state index >= 15 is 0 Å². The number of carboxylic acids is 6. The molecule has 0 aliphatic heterocycles. The molecule has 0 bridgehead atoms. The molecule has 140 valence electrons. The normalized spacial score (nSPS) is 11.5. The van der Waals surface area contributed by atoms with E-state index < -0.39 is 72.6 Å². The van der Waals surface area contributed by atoms with Gasteiger partial charge in [0.15, 0.2) is 0 Å². The van der Waals surface area contributed by atoms with Crippen molar-refractivity contribution in [1.29, 1.82) is 0 Å². The third-order valence-electron chi connectivity index (χ3n) is 3.11. The van der Waals surface area contributed by atoms with Gasteiger partial charge in [0.05, 0.1) is 25.7 Å². The van der Waals surface area contributed by atoms with Gasteiger partial charge in [-0.05, 0) is 0 Å². The standard InChI is InChI=1S/C12H15NO12/c14-5(15)1-11(9(22)23,2-6(16)17)13-12(10(24)25,3-7(18)19)4-8(20)21/h13H,1-4H2,(H,14,15)(H,16,17)(H,18,19)(H,20,21)(H,22,23)(H,24,25). The molecule has 7 N–H and O–H groups in total. The lowest BCUT2D eigenvalue weighted by Gasteiger charge is -2.37. The fraction of sp³-hybridized carbons (Fsp3) is 0.500. The van der Waals surface area contributed by atoms with Crippen LogP contribution in [0, 0.1) is 0 Å². The van der Waals surface area contributed by atoms with E-state index in [1.165, 1.54) is 0 Å². The smallest absolute Gasteiger partial charge is 0.325 e. The van der Waals surface area contributed by atoms with Gasteiger partial charge in [0.2, 0.25) is 0 Å². The van der Waals surface area contributed by atoms with Gasteiger partial charge in [-0.2, -0.15) is 0 Å². The Bertz CT molecular complexity index is 525. The molecule has 0 aliphatic rings. The highest BCUT2D eigenvalue weighted by atomic mass is 16.4. The first-order valence-corrected chi connectivity index (χ1v) is 6.39. The topological polar surface area (TPSA) is 236 Å². The van der Waals surface area contributed by atoms with Crippen molar-refractivity contribution in [3.63, 3.8) is 0 Å². The Morgan fingerprint density at radius 3 is 0.840 bits per heavy atom. The Morgan fingerprint density at radius 1 is 0.520 bits per heavy atom. The molecule has 0 aromatic carbocycles. The highest BCUT2D eigenvalue weighted by Gasteiger charge is 2.53. The Kier molecular flexibility index (Phi) is 7.01. The summed E-state index contributed by atoms with van der Waals surface area (Å²) in [6.45, 7) is 0. The summed E-state index contributed by atoms with van der Waals surface area (Å²) >= 11 is 0. The molecule has 0 saturated carbocycles. The molecule has 0 spiro atoms. The second-order valence-electron chi connectivity index (χ2n) is 5.18. The fourth-order valence-electron chi connectivity index (χ4n) is 2.20. The largest absolute Gasteiger partial charge is 0.481 e. The van der Waals surface area contributed by atoms with Gasteiger partial charge in [0, 0.05) is 0 Å². The molecule has 13 nitrogen and oxygen atoms in total. The highest BCUT2D eigenvalue weighted by molar-refractivity contribution is 5.94. The molecule has 0 aromatic heterocycles. The van der Waals surface area contributed by atoms with Crippen molar-refractivity contribution in [3.05, 3.63) is 0 Å². The van der Waals surface area contributed by atoms with Crippen LogP contribution in [-0.2, 0) is 28.8 Å². The first-order valence-electron chi connectivity index (χ1n) is 6.39. The van der Waals surface area contributed by atoms with Gasteiger partial charge in [-0.15, -0.1) is 0 Å². The van der Waals surface area contributed by atoms with E-state index in [0.29, 0.717) is 0 Å². The number of aliphatic carboxylic acids is 6. The summed E-state index contributed by atoms with van der Waals surface area (Å²) in [5.41, 5.74) is -5.91. The third kappa shape index (κ3) is 6.06. The first-order chi connectivity index (χ1) is 11.3. The van der Waals surface area contributed by atoms with Crippen LogP contribution in [0.15, 0.2) is 0 Å². The lowest BCUT2D eigenvalue weighted by molar-refractivity contribution is -0.164. The Balaban J connectivity index is 6.34. The minimum Gasteiger partial charge on any atom is -0.481 e. The zero-order chi connectivity index (χ0) is 20.0.